The zero-order valence-electron chi connectivity index (χ0n) is 7.36. The standard InChI is InChI=1S/C8H10O2/c9-5-7-1-2-8(6-10)4-3-7/h1-4,9-10H,5-6H2/i5D,6D. The summed E-state index contributed by atoms with van der Waals surface area (Å²) in [5.74, 6) is 0. The van der Waals surface area contributed by atoms with Gasteiger partial charge in [0.1, 0.15) is 0 Å². The predicted octanol–water partition coefficient (Wildman–Crippen LogP) is 0.671. The highest BCUT2D eigenvalue weighted by atomic mass is 16.3. The molecule has 0 heterocycles. The largest absolute Gasteiger partial charge is 0.392 e. The van der Waals surface area contributed by atoms with Gasteiger partial charge in [0.15, 0.2) is 0 Å². The van der Waals surface area contributed by atoms with Gasteiger partial charge in [-0.15, -0.1) is 0 Å². The molecular formula is C8H10O2. The van der Waals surface area contributed by atoms with Crippen LogP contribution in [0, 0.1) is 0 Å². The molecule has 1 rings (SSSR count). The van der Waals surface area contributed by atoms with Crippen molar-refractivity contribution >= 4 is 0 Å². The van der Waals surface area contributed by atoms with E-state index in [1.54, 1.807) is 0 Å². The van der Waals surface area contributed by atoms with E-state index in [-0.39, 0.29) is 0 Å². The van der Waals surface area contributed by atoms with Crippen LogP contribution in [0.1, 0.15) is 13.9 Å². The molecule has 1 aromatic rings. The lowest BCUT2D eigenvalue weighted by atomic mass is 10.1. The van der Waals surface area contributed by atoms with Crippen LogP contribution in [-0.4, -0.2) is 10.2 Å². The first-order valence-corrected chi connectivity index (χ1v) is 2.92. The lowest BCUT2D eigenvalue weighted by molar-refractivity contribution is 0.278. The Hall–Kier alpha value is -0.860. The van der Waals surface area contributed by atoms with E-state index in [1.807, 2.05) is 0 Å². The molecule has 0 aliphatic heterocycles. The van der Waals surface area contributed by atoms with Crippen molar-refractivity contribution in [1.29, 1.82) is 0 Å². The van der Waals surface area contributed by atoms with Gasteiger partial charge in [-0.25, -0.2) is 0 Å². The van der Waals surface area contributed by atoms with Gasteiger partial charge in [0.2, 0.25) is 0 Å². The molecule has 2 unspecified atom stereocenters. The summed E-state index contributed by atoms with van der Waals surface area (Å²) in [6.07, 6.45) is 0. The van der Waals surface area contributed by atoms with Gasteiger partial charge in [0, 0.05) is 0 Å². The third kappa shape index (κ3) is 1.56. The van der Waals surface area contributed by atoms with Crippen LogP contribution in [-0.2, 0) is 13.2 Å². The average molecular weight is 140 g/mol. The van der Waals surface area contributed by atoms with Gasteiger partial charge < -0.3 is 10.2 Å². The SMILES string of the molecule is [2H]C(O)c1ccc(C([2H])O)cc1. The second kappa shape index (κ2) is 3.34. The van der Waals surface area contributed by atoms with Gasteiger partial charge in [0.05, 0.1) is 15.9 Å². The van der Waals surface area contributed by atoms with Crippen molar-refractivity contribution in [2.24, 2.45) is 0 Å². The molecule has 0 spiro atoms. The monoisotopic (exact) mass is 140 g/mol. The van der Waals surface area contributed by atoms with Gasteiger partial charge in [0.25, 0.3) is 0 Å². The molecule has 0 radical (unpaired) electrons. The molecule has 2 heteroatoms. The van der Waals surface area contributed by atoms with E-state index in [4.69, 9.17) is 13.0 Å². The Morgan fingerprint density at radius 3 is 1.50 bits per heavy atom. The van der Waals surface area contributed by atoms with Crippen molar-refractivity contribution in [2.45, 2.75) is 13.2 Å². The summed E-state index contributed by atoms with van der Waals surface area (Å²) < 4.78 is 13.9. The van der Waals surface area contributed by atoms with Crippen molar-refractivity contribution in [3.63, 3.8) is 0 Å². The summed E-state index contributed by atoms with van der Waals surface area (Å²) in [7, 11) is 0. The van der Waals surface area contributed by atoms with Gasteiger partial charge in [-0.1, -0.05) is 24.3 Å². The van der Waals surface area contributed by atoms with Crippen LogP contribution in [0.25, 0.3) is 0 Å². The zero-order chi connectivity index (χ0) is 9.14. The molecule has 0 aliphatic carbocycles. The molecule has 2 N–H and O–H groups in total. The van der Waals surface area contributed by atoms with Gasteiger partial charge in [-0.2, -0.15) is 0 Å². The first-order chi connectivity index (χ1) is 5.61. The molecule has 54 valence electrons. The van der Waals surface area contributed by atoms with E-state index in [0.29, 0.717) is 11.1 Å². The summed E-state index contributed by atoms with van der Waals surface area (Å²) in [5, 5.41) is 17.6. The molecule has 0 aliphatic rings. The number of aliphatic hydroxyl groups is 2. The normalized spacial score (nSPS) is 19.0. The highest BCUT2D eigenvalue weighted by molar-refractivity contribution is 5.21. The topological polar surface area (TPSA) is 40.5 Å². The van der Waals surface area contributed by atoms with Crippen molar-refractivity contribution in [1.82, 2.24) is 0 Å². The van der Waals surface area contributed by atoms with Gasteiger partial charge in [-0.3, -0.25) is 0 Å². The summed E-state index contributed by atoms with van der Waals surface area (Å²) in [6, 6.07) is 6.07. The van der Waals surface area contributed by atoms with Crippen molar-refractivity contribution < 1.29 is 13.0 Å². The Kier molecular flexibility index (Phi) is 1.63. The molecule has 0 fully saturated rings. The molecule has 0 saturated carbocycles. The summed E-state index contributed by atoms with van der Waals surface area (Å²) in [6.45, 7) is -2.50. The summed E-state index contributed by atoms with van der Waals surface area (Å²) in [5.41, 5.74) is 0.916. The van der Waals surface area contributed by atoms with Crippen molar-refractivity contribution in [3.8, 4) is 0 Å². The molecule has 0 bridgehead atoms. The van der Waals surface area contributed by atoms with Crippen LogP contribution < -0.4 is 0 Å². The Morgan fingerprint density at radius 2 is 1.30 bits per heavy atom. The molecule has 0 amide bonds. The fourth-order valence-corrected chi connectivity index (χ4v) is 0.668. The van der Waals surface area contributed by atoms with Crippen LogP contribution in [0.2, 0.25) is 0 Å². The van der Waals surface area contributed by atoms with E-state index < -0.39 is 13.2 Å². The van der Waals surface area contributed by atoms with Crippen LogP contribution in [0.4, 0.5) is 0 Å². The lowest BCUT2D eigenvalue weighted by Crippen LogP contribution is -1.85. The number of hydrogen-bond acceptors (Lipinski definition) is 2. The number of rotatable bonds is 2. The maximum absolute atomic E-state index is 8.81. The fourth-order valence-electron chi connectivity index (χ4n) is 0.668. The molecule has 2 nitrogen and oxygen atoms in total. The Morgan fingerprint density at radius 1 is 1.00 bits per heavy atom. The first kappa shape index (κ1) is 4.88. The molecule has 0 saturated heterocycles. The summed E-state index contributed by atoms with van der Waals surface area (Å²) >= 11 is 0. The minimum absolute atomic E-state index is 0.458. The lowest BCUT2D eigenvalue weighted by Gasteiger charge is -1.96. The average Bonchev–Trinajstić information content (AvgIpc) is 2.04. The van der Waals surface area contributed by atoms with E-state index >= 15 is 0 Å². The zero-order valence-corrected chi connectivity index (χ0v) is 5.36. The third-order valence-electron chi connectivity index (χ3n) is 1.23. The maximum Gasteiger partial charge on any atom is 0.0681 e. The Balaban J connectivity index is 2.86. The van der Waals surface area contributed by atoms with Crippen LogP contribution >= 0.6 is 0 Å². The highest BCUT2D eigenvalue weighted by Gasteiger charge is 1.89. The number of aliphatic hydroxyl groups excluding tert-OH is 2. The molecule has 2 atom stereocenters. The van der Waals surface area contributed by atoms with Crippen molar-refractivity contribution in [3.05, 3.63) is 35.4 Å². The van der Waals surface area contributed by atoms with Gasteiger partial charge in [-0.05, 0) is 11.1 Å². The number of benzene rings is 1. The minimum atomic E-state index is -1.25. The molecule has 10 heavy (non-hydrogen) atoms. The fraction of sp³-hybridized carbons (Fsp3) is 0.250. The van der Waals surface area contributed by atoms with E-state index in [0.717, 1.165) is 0 Å². The second-order valence-corrected chi connectivity index (χ2v) is 1.92. The summed E-state index contributed by atoms with van der Waals surface area (Å²) in [4.78, 5) is 0. The second-order valence-electron chi connectivity index (χ2n) is 1.92. The quantitative estimate of drug-likeness (QED) is 0.634. The van der Waals surface area contributed by atoms with Crippen molar-refractivity contribution in [2.75, 3.05) is 0 Å². The Bertz CT molecular complexity index is 217. The van der Waals surface area contributed by atoms with Crippen LogP contribution in [0.5, 0.6) is 0 Å². The molecule has 1 aromatic carbocycles. The molecular weight excluding hydrogens is 128 g/mol. The first-order valence-electron chi connectivity index (χ1n) is 4.07. The molecule has 0 aromatic heterocycles. The minimum Gasteiger partial charge on any atom is -0.392 e. The van der Waals surface area contributed by atoms with Gasteiger partial charge >= 0.3 is 0 Å². The number of hydrogen-bond donors (Lipinski definition) is 2. The van der Waals surface area contributed by atoms with Crippen LogP contribution in [0.3, 0.4) is 0 Å². The van der Waals surface area contributed by atoms with E-state index in [1.165, 1.54) is 24.3 Å². The highest BCUT2D eigenvalue weighted by Crippen LogP contribution is 2.03. The predicted molar refractivity (Wildman–Crippen MR) is 38.3 cm³/mol. The Labute approximate surface area is 62.6 Å². The third-order valence-corrected chi connectivity index (χ3v) is 1.23. The van der Waals surface area contributed by atoms with Crippen LogP contribution in [0.15, 0.2) is 24.3 Å². The maximum atomic E-state index is 8.81. The smallest absolute Gasteiger partial charge is 0.0681 e. The van der Waals surface area contributed by atoms with E-state index in [9.17, 15) is 0 Å². The van der Waals surface area contributed by atoms with E-state index in [2.05, 4.69) is 0 Å².